The Balaban J connectivity index is 2.46. The Labute approximate surface area is 135 Å². The second-order valence-electron chi connectivity index (χ2n) is 5.03. The molecule has 2 aromatic rings. The molecule has 6 nitrogen and oxygen atoms in total. The van der Waals surface area contributed by atoms with Crippen LogP contribution in [0.2, 0.25) is 0 Å². The van der Waals surface area contributed by atoms with E-state index in [1.54, 1.807) is 18.2 Å². The van der Waals surface area contributed by atoms with Crippen molar-refractivity contribution in [3.63, 3.8) is 0 Å². The van der Waals surface area contributed by atoms with E-state index in [1.165, 1.54) is 45.5 Å². The highest BCUT2D eigenvalue weighted by Crippen LogP contribution is 2.31. The van der Waals surface area contributed by atoms with Gasteiger partial charge in [0, 0.05) is 19.7 Å². The number of methoxy groups -OCH3 is 1. The van der Waals surface area contributed by atoms with Crippen molar-refractivity contribution in [1.29, 1.82) is 0 Å². The summed E-state index contributed by atoms with van der Waals surface area (Å²) in [6.07, 6.45) is 0. The van der Waals surface area contributed by atoms with Crippen molar-refractivity contribution < 1.29 is 23.1 Å². The topological polar surface area (TPSA) is 83.9 Å². The van der Waals surface area contributed by atoms with E-state index in [1.807, 2.05) is 0 Å². The zero-order valence-corrected chi connectivity index (χ0v) is 13.8. The Kier molecular flexibility index (Phi) is 4.72. The Hall–Kier alpha value is -2.38. The number of hydrogen-bond donors (Lipinski definition) is 1. The van der Waals surface area contributed by atoms with Crippen LogP contribution in [0.25, 0.3) is 11.1 Å². The first-order valence-electron chi connectivity index (χ1n) is 6.71. The molecule has 0 saturated carbocycles. The number of ether oxygens (including phenoxy) is 1. The molecule has 0 aromatic heterocycles. The van der Waals surface area contributed by atoms with Gasteiger partial charge in [-0.05, 0) is 35.9 Å². The lowest BCUT2D eigenvalue weighted by Gasteiger charge is -2.13. The van der Waals surface area contributed by atoms with Gasteiger partial charge >= 0.3 is 5.97 Å². The molecule has 2 aromatic carbocycles. The highest BCUT2D eigenvalue weighted by Gasteiger charge is 2.17. The molecule has 23 heavy (non-hydrogen) atoms. The van der Waals surface area contributed by atoms with E-state index in [0.717, 1.165) is 9.87 Å². The first-order valence-corrected chi connectivity index (χ1v) is 8.15. The predicted molar refractivity (Wildman–Crippen MR) is 86.3 cm³/mol. The average molecular weight is 335 g/mol. The third-order valence-electron chi connectivity index (χ3n) is 3.39. The van der Waals surface area contributed by atoms with E-state index >= 15 is 0 Å². The smallest absolute Gasteiger partial charge is 0.335 e. The van der Waals surface area contributed by atoms with Crippen molar-refractivity contribution in [2.45, 2.75) is 4.90 Å². The van der Waals surface area contributed by atoms with Crippen LogP contribution in [0.3, 0.4) is 0 Å². The lowest BCUT2D eigenvalue weighted by atomic mass is 10.0. The molecule has 0 saturated heterocycles. The van der Waals surface area contributed by atoms with Crippen LogP contribution in [0, 0.1) is 0 Å². The monoisotopic (exact) mass is 335 g/mol. The molecule has 0 fully saturated rings. The van der Waals surface area contributed by atoms with Crippen LogP contribution in [0.1, 0.15) is 10.4 Å². The van der Waals surface area contributed by atoms with Crippen LogP contribution in [-0.4, -0.2) is 45.0 Å². The van der Waals surface area contributed by atoms with Crippen molar-refractivity contribution >= 4 is 16.0 Å². The number of nitrogens with zero attached hydrogens (tertiary/aromatic N) is 1. The maximum absolute atomic E-state index is 12.1. The average Bonchev–Trinajstić information content (AvgIpc) is 2.54. The molecule has 0 aliphatic carbocycles. The normalized spacial score (nSPS) is 11.5. The van der Waals surface area contributed by atoms with Crippen molar-refractivity contribution in [3.05, 3.63) is 48.0 Å². The van der Waals surface area contributed by atoms with Gasteiger partial charge in [-0.1, -0.05) is 12.1 Å². The van der Waals surface area contributed by atoms with Gasteiger partial charge in [0.15, 0.2) is 0 Å². The predicted octanol–water partition coefficient (Wildman–Crippen LogP) is 2.31. The maximum Gasteiger partial charge on any atom is 0.335 e. The van der Waals surface area contributed by atoms with Gasteiger partial charge in [0.25, 0.3) is 0 Å². The van der Waals surface area contributed by atoms with E-state index in [-0.39, 0.29) is 10.5 Å². The fraction of sp³-hybridized carbons (Fsp3) is 0.188. The van der Waals surface area contributed by atoms with Gasteiger partial charge < -0.3 is 9.84 Å². The molecule has 122 valence electrons. The highest BCUT2D eigenvalue weighted by molar-refractivity contribution is 7.89. The summed E-state index contributed by atoms with van der Waals surface area (Å²) in [4.78, 5) is 11.2. The van der Waals surface area contributed by atoms with Crippen molar-refractivity contribution in [1.82, 2.24) is 4.31 Å². The van der Waals surface area contributed by atoms with Gasteiger partial charge in [0.05, 0.1) is 17.6 Å². The minimum atomic E-state index is -3.49. The van der Waals surface area contributed by atoms with E-state index in [2.05, 4.69) is 0 Å². The van der Waals surface area contributed by atoms with E-state index in [0.29, 0.717) is 11.3 Å². The molecule has 0 amide bonds. The van der Waals surface area contributed by atoms with Crippen molar-refractivity contribution in [2.75, 3.05) is 21.2 Å². The van der Waals surface area contributed by atoms with E-state index in [9.17, 15) is 13.2 Å². The molecular formula is C16H17NO5S. The van der Waals surface area contributed by atoms with Gasteiger partial charge in [0.1, 0.15) is 5.75 Å². The fourth-order valence-corrected chi connectivity index (χ4v) is 2.98. The number of carbonyl (C=O) groups is 1. The fourth-order valence-electron chi connectivity index (χ4n) is 2.08. The number of carboxylic acids is 1. The number of sulfonamides is 1. The minimum Gasteiger partial charge on any atom is -0.496 e. The molecule has 0 radical (unpaired) electrons. The van der Waals surface area contributed by atoms with Gasteiger partial charge in [-0.15, -0.1) is 0 Å². The zero-order chi connectivity index (χ0) is 17.2. The third kappa shape index (κ3) is 3.35. The van der Waals surface area contributed by atoms with Crippen LogP contribution in [0.5, 0.6) is 5.75 Å². The number of aromatic carboxylic acids is 1. The standard InChI is InChI=1S/C16H17NO5S/c1-17(2)23(20,21)13-7-4-11(5-8-13)14-9-6-12(16(18)19)10-15(14)22-3/h4-10H,1-3H3,(H,18,19). The summed E-state index contributed by atoms with van der Waals surface area (Å²) in [7, 11) is 0.907. The molecule has 0 heterocycles. The Morgan fingerprint density at radius 1 is 1.09 bits per heavy atom. The summed E-state index contributed by atoms with van der Waals surface area (Å²) in [5, 5.41) is 9.02. The number of benzene rings is 2. The molecule has 7 heteroatoms. The molecule has 0 aliphatic heterocycles. The van der Waals surface area contributed by atoms with Crippen LogP contribution in [0.4, 0.5) is 0 Å². The largest absolute Gasteiger partial charge is 0.496 e. The molecule has 1 N–H and O–H groups in total. The summed E-state index contributed by atoms with van der Waals surface area (Å²) >= 11 is 0. The number of hydrogen-bond acceptors (Lipinski definition) is 4. The molecule has 0 aliphatic rings. The maximum atomic E-state index is 12.1. The molecule has 2 rings (SSSR count). The summed E-state index contributed by atoms with van der Waals surface area (Å²) in [6, 6.07) is 10.9. The highest BCUT2D eigenvalue weighted by atomic mass is 32.2. The summed E-state index contributed by atoms with van der Waals surface area (Å²) in [5.74, 6) is -0.629. The van der Waals surface area contributed by atoms with E-state index in [4.69, 9.17) is 9.84 Å². The van der Waals surface area contributed by atoms with Gasteiger partial charge in [0.2, 0.25) is 10.0 Å². The first-order chi connectivity index (χ1) is 10.8. The Morgan fingerprint density at radius 2 is 1.70 bits per heavy atom. The summed E-state index contributed by atoms with van der Waals surface area (Å²) < 4.78 is 30.5. The van der Waals surface area contributed by atoms with E-state index < -0.39 is 16.0 Å². The van der Waals surface area contributed by atoms with Crippen LogP contribution < -0.4 is 4.74 Å². The zero-order valence-electron chi connectivity index (χ0n) is 13.0. The molecule has 0 spiro atoms. The molecular weight excluding hydrogens is 318 g/mol. The molecule has 0 atom stereocenters. The summed E-state index contributed by atoms with van der Waals surface area (Å²) in [6.45, 7) is 0. The minimum absolute atomic E-state index is 0.123. The molecule has 0 bridgehead atoms. The quantitative estimate of drug-likeness (QED) is 0.906. The van der Waals surface area contributed by atoms with Crippen LogP contribution in [-0.2, 0) is 10.0 Å². The van der Waals surface area contributed by atoms with Crippen molar-refractivity contribution in [2.24, 2.45) is 0 Å². The summed E-state index contributed by atoms with van der Waals surface area (Å²) in [5.41, 5.74) is 1.54. The first kappa shape index (κ1) is 17.0. The lowest BCUT2D eigenvalue weighted by molar-refractivity contribution is 0.0696. The SMILES string of the molecule is COc1cc(C(=O)O)ccc1-c1ccc(S(=O)(=O)N(C)C)cc1. The van der Waals surface area contributed by atoms with Crippen LogP contribution in [0.15, 0.2) is 47.4 Å². The van der Waals surface area contributed by atoms with Gasteiger partial charge in [-0.2, -0.15) is 0 Å². The van der Waals surface area contributed by atoms with Crippen LogP contribution >= 0.6 is 0 Å². The number of carboxylic acid groups (broad SMARTS) is 1. The lowest BCUT2D eigenvalue weighted by Crippen LogP contribution is -2.22. The third-order valence-corrected chi connectivity index (χ3v) is 5.22. The Morgan fingerprint density at radius 3 is 2.17 bits per heavy atom. The Bertz CT molecular complexity index is 826. The van der Waals surface area contributed by atoms with Crippen molar-refractivity contribution in [3.8, 4) is 16.9 Å². The van der Waals surface area contributed by atoms with Gasteiger partial charge in [-0.3, -0.25) is 0 Å². The number of rotatable bonds is 5. The second-order valence-corrected chi connectivity index (χ2v) is 7.18. The molecule has 0 unspecified atom stereocenters. The second kappa shape index (κ2) is 6.39. The van der Waals surface area contributed by atoms with Gasteiger partial charge in [-0.25, -0.2) is 17.5 Å².